The summed E-state index contributed by atoms with van der Waals surface area (Å²) < 4.78 is 7.62. The summed E-state index contributed by atoms with van der Waals surface area (Å²) in [7, 11) is 0. The quantitative estimate of drug-likeness (QED) is 0.585. The third kappa shape index (κ3) is 6.08. The second kappa shape index (κ2) is 10.3. The largest absolute Gasteiger partial charge is 0.374 e. The van der Waals surface area contributed by atoms with Crippen LogP contribution < -0.4 is 5.32 Å². The van der Waals surface area contributed by atoms with Gasteiger partial charge >= 0.3 is 0 Å². The highest BCUT2D eigenvalue weighted by molar-refractivity contribution is 6.42. The lowest BCUT2D eigenvalue weighted by Gasteiger charge is -2.33. The molecule has 1 aromatic heterocycles. The number of halogens is 2. The van der Waals surface area contributed by atoms with E-state index in [9.17, 15) is 4.79 Å². The Hall–Kier alpha value is -2.38. The fourth-order valence-electron chi connectivity index (χ4n) is 3.61. The minimum Gasteiger partial charge on any atom is -0.374 e. The molecule has 6 nitrogen and oxygen atoms in total. The minimum absolute atomic E-state index is 0.0166. The van der Waals surface area contributed by atoms with Crippen molar-refractivity contribution in [2.75, 3.05) is 26.2 Å². The first kappa shape index (κ1) is 21.8. The molecule has 0 aliphatic carbocycles. The molecule has 1 fully saturated rings. The molecule has 0 radical (unpaired) electrons. The number of hydrogen-bond acceptors (Lipinski definition) is 4. The zero-order valence-electron chi connectivity index (χ0n) is 17.0. The van der Waals surface area contributed by atoms with Crippen molar-refractivity contribution >= 4 is 29.1 Å². The summed E-state index contributed by atoms with van der Waals surface area (Å²) in [5.74, 6) is -0.0166. The van der Waals surface area contributed by atoms with E-state index in [4.69, 9.17) is 27.9 Å². The van der Waals surface area contributed by atoms with Crippen LogP contribution in [0.25, 0.3) is 5.69 Å². The van der Waals surface area contributed by atoms with Gasteiger partial charge < -0.3 is 10.1 Å². The second-order valence-electron chi connectivity index (χ2n) is 7.57. The number of hydrogen-bond donors (Lipinski definition) is 1. The summed E-state index contributed by atoms with van der Waals surface area (Å²) in [5, 5.41) is 8.33. The van der Waals surface area contributed by atoms with Crippen LogP contribution in [0.4, 0.5) is 0 Å². The topological polar surface area (TPSA) is 59.4 Å². The van der Waals surface area contributed by atoms with E-state index < -0.39 is 0 Å². The standard InChI is InChI=1S/C23H24Cl2N4O2/c24-21-7-4-18(12-22(21)25)15-28-10-11-31-20(16-28)14-26-23(30)13-17-2-5-19(6-3-17)29-9-1-8-27-29/h1-9,12,20H,10-11,13-16H2,(H,26,30). The van der Waals surface area contributed by atoms with E-state index in [0.29, 0.717) is 29.6 Å². The van der Waals surface area contributed by atoms with Crippen molar-refractivity contribution < 1.29 is 9.53 Å². The van der Waals surface area contributed by atoms with Crippen LogP contribution in [-0.4, -0.2) is 52.9 Å². The molecule has 1 N–H and O–H groups in total. The molecule has 0 spiro atoms. The van der Waals surface area contributed by atoms with Gasteiger partial charge in [0.1, 0.15) is 0 Å². The van der Waals surface area contributed by atoms with Gasteiger partial charge in [-0.25, -0.2) is 4.68 Å². The van der Waals surface area contributed by atoms with Gasteiger partial charge in [-0.1, -0.05) is 41.4 Å². The van der Waals surface area contributed by atoms with Crippen LogP contribution >= 0.6 is 23.2 Å². The molecule has 0 saturated carbocycles. The Kier molecular flexibility index (Phi) is 7.25. The molecule has 162 valence electrons. The van der Waals surface area contributed by atoms with E-state index in [1.54, 1.807) is 10.9 Å². The second-order valence-corrected chi connectivity index (χ2v) is 8.39. The van der Waals surface area contributed by atoms with E-state index >= 15 is 0 Å². The number of carbonyl (C=O) groups is 1. The Bertz CT molecular complexity index is 1010. The molecule has 3 aromatic rings. The van der Waals surface area contributed by atoms with Crippen LogP contribution in [0, 0.1) is 0 Å². The zero-order valence-corrected chi connectivity index (χ0v) is 18.5. The van der Waals surface area contributed by atoms with Crippen LogP contribution in [0.5, 0.6) is 0 Å². The number of nitrogens with zero attached hydrogens (tertiary/aromatic N) is 3. The molecule has 1 amide bonds. The first-order valence-electron chi connectivity index (χ1n) is 10.2. The summed E-state index contributed by atoms with van der Waals surface area (Å²) in [5.41, 5.74) is 3.03. The number of rotatable bonds is 7. The van der Waals surface area contributed by atoms with Crippen LogP contribution in [-0.2, 0) is 22.5 Å². The Morgan fingerprint density at radius 2 is 1.94 bits per heavy atom. The molecule has 1 atom stereocenters. The fraction of sp³-hybridized carbons (Fsp3) is 0.304. The molecule has 4 rings (SSSR count). The van der Waals surface area contributed by atoms with Crippen molar-refractivity contribution in [2.45, 2.75) is 19.1 Å². The maximum Gasteiger partial charge on any atom is 0.224 e. The lowest BCUT2D eigenvalue weighted by molar-refractivity contribution is -0.121. The lowest BCUT2D eigenvalue weighted by Crippen LogP contribution is -2.47. The predicted molar refractivity (Wildman–Crippen MR) is 122 cm³/mol. The first-order chi connectivity index (χ1) is 15.1. The SMILES string of the molecule is O=C(Cc1ccc(-n2cccn2)cc1)NCC1CN(Cc2ccc(Cl)c(Cl)c2)CCO1. The van der Waals surface area contributed by atoms with E-state index in [1.165, 1.54) is 0 Å². The van der Waals surface area contributed by atoms with Gasteiger partial charge in [-0.3, -0.25) is 9.69 Å². The monoisotopic (exact) mass is 458 g/mol. The van der Waals surface area contributed by atoms with E-state index in [0.717, 1.165) is 36.4 Å². The van der Waals surface area contributed by atoms with Crippen LogP contribution in [0.1, 0.15) is 11.1 Å². The number of ether oxygens (including phenoxy) is 1. The van der Waals surface area contributed by atoms with Gasteiger partial charge in [-0.2, -0.15) is 5.10 Å². The number of benzene rings is 2. The summed E-state index contributed by atoms with van der Waals surface area (Å²) in [6.07, 6.45) is 3.92. The molecular weight excluding hydrogens is 435 g/mol. The Balaban J connectivity index is 1.23. The van der Waals surface area contributed by atoms with Crippen molar-refractivity contribution in [3.63, 3.8) is 0 Å². The highest BCUT2D eigenvalue weighted by atomic mass is 35.5. The van der Waals surface area contributed by atoms with Gasteiger partial charge in [-0.15, -0.1) is 0 Å². The van der Waals surface area contributed by atoms with Crippen molar-refractivity contribution in [1.82, 2.24) is 20.0 Å². The van der Waals surface area contributed by atoms with E-state index in [2.05, 4.69) is 15.3 Å². The molecule has 0 bridgehead atoms. The fourth-order valence-corrected chi connectivity index (χ4v) is 3.93. The normalized spacial score (nSPS) is 16.9. The summed E-state index contributed by atoms with van der Waals surface area (Å²) in [4.78, 5) is 14.7. The minimum atomic E-state index is -0.0392. The van der Waals surface area contributed by atoms with Crippen molar-refractivity contribution in [2.24, 2.45) is 0 Å². The van der Waals surface area contributed by atoms with Crippen molar-refractivity contribution in [1.29, 1.82) is 0 Å². The number of amides is 1. The third-order valence-electron chi connectivity index (χ3n) is 5.21. The molecular formula is C23H24Cl2N4O2. The van der Waals surface area contributed by atoms with Gasteiger partial charge in [0.05, 0.1) is 34.9 Å². The maximum absolute atomic E-state index is 12.4. The van der Waals surface area contributed by atoms with Crippen LogP contribution in [0.3, 0.4) is 0 Å². The smallest absolute Gasteiger partial charge is 0.224 e. The number of carbonyl (C=O) groups excluding carboxylic acids is 1. The predicted octanol–water partition coefficient (Wildman–Crippen LogP) is 3.74. The Labute approximate surface area is 191 Å². The summed E-state index contributed by atoms with van der Waals surface area (Å²) in [6, 6.07) is 15.4. The molecule has 1 saturated heterocycles. The zero-order chi connectivity index (χ0) is 21.6. The molecule has 1 aliphatic heterocycles. The van der Waals surface area contributed by atoms with Crippen LogP contribution in [0.2, 0.25) is 10.0 Å². The van der Waals surface area contributed by atoms with Gasteiger partial charge in [0.25, 0.3) is 0 Å². The van der Waals surface area contributed by atoms with Crippen molar-refractivity contribution in [3.8, 4) is 5.69 Å². The molecule has 1 aliphatic rings. The number of morpholine rings is 1. The lowest BCUT2D eigenvalue weighted by atomic mass is 10.1. The highest BCUT2D eigenvalue weighted by Gasteiger charge is 2.21. The first-order valence-corrected chi connectivity index (χ1v) is 11.0. The van der Waals surface area contributed by atoms with Gasteiger partial charge in [0, 0.05) is 38.6 Å². The van der Waals surface area contributed by atoms with E-state index in [1.807, 2.05) is 54.7 Å². The number of aromatic nitrogens is 2. The molecule has 2 aromatic carbocycles. The maximum atomic E-state index is 12.4. The summed E-state index contributed by atoms with van der Waals surface area (Å²) in [6.45, 7) is 3.48. The van der Waals surface area contributed by atoms with Crippen molar-refractivity contribution in [3.05, 3.63) is 82.1 Å². The third-order valence-corrected chi connectivity index (χ3v) is 5.95. The molecule has 8 heteroatoms. The van der Waals surface area contributed by atoms with Crippen LogP contribution in [0.15, 0.2) is 60.9 Å². The average molecular weight is 459 g/mol. The summed E-state index contributed by atoms with van der Waals surface area (Å²) >= 11 is 12.1. The Morgan fingerprint density at radius 1 is 1.13 bits per heavy atom. The highest BCUT2D eigenvalue weighted by Crippen LogP contribution is 2.23. The number of nitrogens with one attached hydrogen (secondary N) is 1. The van der Waals surface area contributed by atoms with Gasteiger partial charge in [0.15, 0.2) is 0 Å². The average Bonchev–Trinajstić information content (AvgIpc) is 3.31. The van der Waals surface area contributed by atoms with Gasteiger partial charge in [0.2, 0.25) is 5.91 Å². The molecule has 2 heterocycles. The van der Waals surface area contributed by atoms with Gasteiger partial charge in [-0.05, 0) is 41.5 Å². The van der Waals surface area contributed by atoms with E-state index in [-0.39, 0.29) is 12.0 Å². The molecule has 31 heavy (non-hydrogen) atoms. The Morgan fingerprint density at radius 3 is 2.68 bits per heavy atom. The molecule has 1 unspecified atom stereocenters.